The summed E-state index contributed by atoms with van der Waals surface area (Å²) in [7, 11) is 0. The maximum absolute atomic E-state index is 5.39. The Hall–Kier alpha value is -1.29. The predicted molar refractivity (Wildman–Crippen MR) is 78.3 cm³/mol. The van der Waals surface area contributed by atoms with Gasteiger partial charge in [0.05, 0.1) is 19.3 Å². The van der Waals surface area contributed by atoms with Crippen LogP contribution in [0, 0.1) is 5.92 Å². The van der Waals surface area contributed by atoms with Gasteiger partial charge in [-0.1, -0.05) is 20.3 Å². The maximum Gasteiger partial charge on any atom is 0.127 e. The Morgan fingerprint density at radius 2 is 2.11 bits per heavy atom. The number of nitrogens with one attached hydrogen (secondary N) is 1. The van der Waals surface area contributed by atoms with Gasteiger partial charge in [-0.05, 0) is 18.9 Å². The van der Waals surface area contributed by atoms with Gasteiger partial charge >= 0.3 is 0 Å². The Balaban J connectivity index is 2.16. The summed E-state index contributed by atoms with van der Waals surface area (Å²) in [6.07, 6.45) is 3.14. The number of hydrogen-bond acceptors (Lipinski definition) is 3. The van der Waals surface area contributed by atoms with Crippen molar-refractivity contribution in [3.63, 3.8) is 0 Å². The molecule has 1 aliphatic heterocycles. The lowest BCUT2D eigenvalue weighted by atomic mass is 10.0. The van der Waals surface area contributed by atoms with E-state index in [0.29, 0.717) is 12.0 Å². The highest BCUT2D eigenvalue weighted by Crippen LogP contribution is 2.13. The number of pyridine rings is 1. The number of aromatic nitrogens is 1. The highest BCUT2D eigenvalue weighted by Gasteiger charge is 2.11. The molecule has 1 unspecified atom stereocenters. The van der Waals surface area contributed by atoms with E-state index >= 15 is 0 Å². The summed E-state index contributed by atoms with van der Waals surface area (Å²) in [5.41, 5.74) is 2.20. The van der Waals surface area contributed by atoms with E-state index in [2.05, 4.69) is 42.8 Å². The molecule has 1 N–H and O–H groups in total. The van der Waals surface area contributed by atoms with Crippen LogP contribution in [0.4, 0.5) is 5.69 Å². The van der Waals surface area contributed by atoms with Gasteiger partial charge in [0, 0.05) is 31.0 Å². The van der Waals surface area contributed by atoms with Crippen molar-refractivity contribution in [2.24, 2.45) is 10.9 Å². The molecule has 0 saturated carbocycles. The molecule has 2 rings (SSSR count). The standard InChI is InChI=1S/C15H25N3O/c1-4-12(2)13(3)17-15-11-14(5-6-16-15)18-7-9-19-10-8-18/h5-6,11-13H,4,7-10H2,1-3H3,(H,16,17)/t12?,13-/m1/s1. The molecule has 0 amide bonds. The number of aromatic amines is 1. The molecule has 1 saturated heterocycles. The molecule has 2 atom stereocenters. The molecule has 4 nitrogen and oxygen atoms in total. The SMILES string of the molecule is CCC(C)[C@@H](C)/N=c1/cc(N2CCOCC2)cc[nH]1. The molecule has 0 aromatic carbocycles. The lowest BCUT2D eigenvalue weighted by molar-refractivity contribution is 0.122. The molecule has 1 aliphatic rings. The Morgan fingerprint density at radius 1 is 1.37 bits per heavy atom. The first-order valence-electron chi connectivity index (χ1n) is 7.26. The van der Waals surface area contributed by atoms with Gasteiger partial charge in [-0.2, -0.15) is 0 Å². The summed E-state index contributed by atoms with van der Waals surface area (Å²) < 4.78 is 5.39. The smallest absolute Gasteiger partial charge is 0.127 e. The molecule has 2 heterocycles. The lowest BCUT2D eigenvalue weighted by Crippen LogP contribution is -2.36. The molecule has 19 heavy (non-hydrogen) atoms. The molecule has 1 fully saturated rings. The summed E-state index contributed by atoms with van der Waals surface area (Å²) in [5.74, 6) is 0.612. The molecule has 0 radical (unpaired) electrons. The van der Waals surface area contributed by atoms with Crippen molar-refractivity contribution >= 4 is 5.69 Å². The number of anilines is 1. The third-order valence-electron chi connectivity index (χ3n) is 3.96. The van der Waals surface area contributed by atoms with E-state index in [9.17, 15) is 0 Å². The summed E-state index contributed by atoms with van der Waals surface area (Å²) in [4.78, 5) is 10.4. The number of H-pyrrole nitrogens is 1. The van der Waals surface area contributed by atoms with Crippen LogP contribution in [0.15, 0.2) is 23.3 Å². The highest BCUT2D eigenvalue weighted by atomic mass is 16.5. The second-order valence-electron chi connectivity index (χ2n) is 5.29. The van der Waals surface area contributed by atoms with Gasteiger partial charge in [-0.25, -0.2) is 0 Å². The van der Waals surface area contributed by atoms with E-state index in [1.807, 2.05) is 6.20 Å². The van der Waals surface area contributed by atoms with Crippen LogP contribution in [0.25, 0.3) is 0 Å². The maximum atomic E-state index is 5.39. The van der Waals surface area contributed by atoms with Gasteiger partial charge in [0.25, 0.3) is 0 Å². The summed E-state index contributed by atoms with van der Waals surface area (Å²) in [6, 6.07) is 4.60. The van der Waals surface area contributed by atoms with E-state index in [1.165, 1.54) is 5.69 Å². The second kappa shape index (κ2) is 6.75. The van der Waals surface area contributed by atoms with E-state index in [-0.39, 0.29) is 0 Å². The van der Waals surface area contributed by atoms with Crippen molar-refractivity contribution in [3.8, 4) is 0 Å². The number of nitrogens with zero attached hydrogens (tertiary/aromatic N) is 2. The van der Waals surface area contributed by atoms with Gasteiger partial charge < -0.3 is 14.6 Å². The van der Waals surface area contributed by atoms with Crippen LogP contribution in [0.2, 0.25) is 0 Å². The fraction of sp³-hybridized carbons (Fsp3) is 0.667. The van der Waals surface area contributed by atoms with Crippen LogP contribution in [0.1, 0.15) is 27.2 Å². The molecule has 106 valence electrons. The average molecular weight is 263 g/mol. The molecule has 4 heteroatoms. The van der Waals surface area contributed by atoms with Gasteiger partial charge in [0.15, 0.2) is 0 Å². The highest BCUT2D eigenvalue weighted by molar-refractivity contribution is 5.44. The Bertz CT molecular complexity index is 449. The second-order valence-corrected chi connectivity index (χ2v) is 5.29. The monoisotopic (exact) mass is 263 g/mol. The molecule has 0 bridgehead atoms. The molecule has 0 aliphatic carbocycles. The van der Waals surface area contributed by atoms with Crippen molar-refractivity contribution in [2.45, 2.75) is 33.2 Å². The minimum Gasteiger partial charge on any atom is -0.378 e. The van der Waals surface area contributed by atoms with Gasteiger partial charge in [-0.3, -0.25) is 4.99 Å². The quantitative estimate of drug-likeness (QED) is 0.904. The fourth-order valence-electron chi connectivity index (χ4n) is 2.22. The Kier molecular flexibility index (Phi) is 5.02. The van der Waals surface area contributed by atoms with E-state index in [4.69, 9.17) is 9.73 Å². The zero-order valence-electron chi connectivity index (χ0n) is 12.2. The number of ether oxygens (including phenoxy) is 1. The molecule has 1 aromatic heterocycles. The first kappa shape index (κ1) is 14.1. The molecule has 0 spiro atoms. The van der Waals surface area contributed by atoms with Crippen molar-refractivity contribution in [2.75, 3.05) is 31.2 Å². The first-order chi connectivity index (χ1) is 9.20. The molecular formula is C15H25N3O. The summed E-state index contributed by atoms with van der Waals surface area (Å²) >= 11 is 0. The van der Waals surface area contributed by atoms with Crippen molar-refractivity contribution in [3.05, 3.63) is 23.8 Å². The minimum atomic E-state index is 0.348. The van der Waals surface area contributed by atoms with Gasteiger partial charge in [-0.15, -0.1) is 0 Å². The van der Waals surface area contributed by atoms with Crippen molar-refractivity contribution in [1.82, 2.24) is 4.98 Å². The normalized spacial score (nSPS) is 20.4. The van der Waals surface area contributed by atoms with E-state index in [0.717, 1.165) is 38.2 Å². The van der Waals surface area contributed by atoms with Gasteiger partial charge in [0.1, 0.15) is 5.49 Å². The first-order valence-corrected chi connectivity index (χ1v) is 7.26. The number of hydrogen-bond donors (Lipinski definition) is 1. The fourth-order valence-corrected chi connectivity index (χ4v) is 2.22. The topological polar surface area (TPSA) is 40.6 Å². The Morgan fingerprint density at radius 3 is 2.79 bits per heavy atom. The van der Waals surface area contributed by atoms with Crippen LogP contribution in [-0.4, -0.2) is 37.3 Å². The van der Waals surface area contributed by atoms with Crippen molar-refractivity contribution < 1.29 is 4.74 Å². The minimum absolute atomic E-state index is 0.348. The van der Waals surface area contributed by atoms with Crippen molar-refractivity contribution in [1.29, 1.82) is 0 Å². The summed E-state index contributed by atoms with van der Waals surface area (Å²) in [6.45, 7) is 10.2. The predicted octanol–water partition coefficient (Wildman–Crippen LogP) is 2.19. The largest absolute Gasteiger partial charge is 0.378 e. The van der Waals surface area contributed by atoms with Crippen LogP contribution >= 0.6 is 0 Å². The van der Waals surface area contributed by atoms with E-state index in [1.54, 1.807) is 0 Å². The zero-order valence-corrected chi connectivity index (χ0v) is 12.2. The number of rotatable bonds is 4. The van der Waals surface area contributed by atoms with E-state index < -0.39 is 0 Å². The zero-order chi connectivity index (χ0) is 13.7. The molecule has 1 aromatic rings. The van der Waals surface area contributed by atoms with Crippen LogP contribution in [0.5, 0.6) is 0 Å². The van der Waals surface area contributed by atoms with Crippen LogP contribution in [-0.2, 0) is 4.74 Å². The Labute approximate surface area is 115 Å². The molecular weight excluding hydrogens is 238 g/mol. The van der Waals surface area contributed by atoms with Gasteiger partial charge in [0.2, 0.25) is 0 Å². The number of morpholine rings is 1. The van der Waals surface area contributed by atoms with Crippen LogP contribution in [0.3, 0.4) is 0 Å². The lowest BCUT2D eigenvalue weighted by Gasteiger charge is -2.28. The third kappa shape index (κ3) is 3.83. The average Bonchev–Trinajstić information content (AvgIpc) is 2.47. The third-order valence-corrected chi connectivity index (χ3v) is 3.96. The summed E-state index contributed by atoms with van der Waals surface area (Å²) in [5, 5.41) is 0. The van der Waals surface area contributed by atoms with Crippen LogP contribution < -0.4 is 10.4 Å².